The zero-order valence-corrected chi connectivity index (χ0v) is 17.4. The van der Waals surface area contributed by atoms with Crippen molar-refractivity contribution in [3.63, 3.8) is 0 Å². The van der Waals surface area contributed by atoms with E-state index < -0.39 is 0 Å². The Morgan fingerprint density at radius 1 is 1.19 bits per heavy atom. The van der Waals surface area contributed by atoms with Crippen LogP contribution in [0.25, 0.3) is 10.1 Å². The number of fused-ring (bicyclic) bond motifs is 1. The van der Waals surface area contributed by atoms with Gasteiger partial charge >= 0.3 is 0 Å². The van der Waals surface area contributed by atoms with Crippen LogP contribution in [0.4, 0.5) is 0 Å². The predicted octanol–water partition coefficient (Wildman–Crippen LogP) is 5.31. The van der Waals surface area contributed by atoms with Crippen LogP contribution in [0.2, 0.25) is 5.02 Å². The Bertz CT molecular complexity index is 957. The van der Waals surface area contributed by atoms with Crippen LogP contribution in [0.3, 0.4) is 0 Å². The number of halogens is 2. The van der Waals surface area contributed by atoms with E-state index in [0.29, 0.717) is 34.4 Å². The lowest BCUT2D eigenvalue weighted by Crippen LogP contribution is -2.25. The third-order valence-electron chi connectivity index (χ3n) is 3.97. The quantitative estimate of drug-likeness (QED) is 0.549. The highest BCUT2D eigenvalue weighted by molar-refractivity contribution is 9.10. The highest BCUT2D eigenvalue weighted by Gasteiger charge is 2.17. The minimum absolute atomic E-state index is 0.159. The summed E-state index contributed by atoms with van der Waals surface area (Å²) in [7, 11) is 3.19. The fourth-order valence-corrected chi connectivity index (χ4v) is 4.59. The standard InChI is InChI=1S/C19H17BrClNO3S/c1-24-14-9-11(13(20)10-15(14)25-2)7-8-22-19(23)18-17(21)12-5-3-4-6-16(12)26-18/h3-6,9-10H,7-8H2,1-2H3,(H,22,23). The number of ether oxygens (including phenoxy) is 2. The molecule has 7 heteroatoms. The first-order valence-electron chi connectivity index (χ1n) is 7.90. The molecule has 0 saturated heterocycles. The van der Waals surface area contributed by atoms with Gasteiger partial charge in [0, 0.05) is 21.1 Å². The van der Waals surface area contributed by atoms with E-state index >= 15 is 0 Å². The van der Waals surface area contributed by atoms with Gasteiger partial charge in [-0.3, -0.25) is 4.79 Å². The topological polar surface area (TPSA) is 47.6 Å². The van der Waals surface area contributed by atoms with Crippen LogP contribution in [0.5, 0.6) is 11.5 Å². The molecule has 0 saturated carbocycles. The van der Waals surface area contributed by atoms with Crippen LogP contribution in [-0.4, -0.2) is 26.7 Å². The number of rotatable bonds is 6. The largest absolute Gasteiger partial charge is 0.493 e. The highest BCUT2D eigenvalue weighted by atomic mass is 79.9. The molecule has 0 spiro atoms. The van der Waals surface area contributed by atoms with Gasteiger partial charge in [-0.1, -0.05) is 45.7 Å². The smallest absolute Gasteiger partial charge is 0.262 e. The van der Waals surface area contributed by atoms with E-state index in [1.807, 2.05) is 36.4 Å². The maximum absolute atomic E-state index is 12.5. The van der Waals surface area contributed by atoms with Crippen LogP contribution >= 0.6 is 38.9 Å². The van der Waals surface area contributed by atoms with Crippen molar-refractivity contribution in [2.24, 2.45) is 0 Å². The molecule has 0 bridgehead atoms. The zero-order valence-electron chi connectivity index (χ0n) is 14.3. The first-order valence-corrected chi connectivity index (χ1v) is 9.89. The number of carbonyl (C=O) groups is 1. The fourth-order valence-electron chi connectivity index (χ4n) is 2.64. The Morgan fingerprint density at radius 3 is 2.58 bits per heavy atom. The number of amides is 1. The summed E-state index contributed by atoms with van der Waals surface area (Å²) in [5.74, 6) is 1.15. The van der Waals surface area contributed by atoms with E-state index in [1.165, 1.54) is 11.3 Å². The van der Waals surface area contributed by atoms with E-state index in [4.69, 9.17) is 21.1 Å². The molecule has 0 radical (unpaired) electrons. The van der Waals surface area contributed by atoms with Crippen molar-refractivity contribution in [1.29, 1.82) is 0 Å². The fraction of sp³-hybridized carbons (Fsp3) is 0.211. The lowest BCUT2D eigenvalue weighted by Gasteiger charge is -2.12. The summed E-state index contributed by atoms with van der Waals surface area (Å²) in [6.07, 6.45) is 0.648. The summed E-state index contributed by atoms with van der Waals surface area (Å²) in [6, 6.07) is 11.5. The second-order valence-electron chi connectivity index (χ2n) is 5.55. The molecule has 0 aliphatic carbocycles. The molecule has 2 aromatic carbocycles. The summed E-state index contributed by atoms with van der Waals surface area (Å²) >= 11 is 11.3. The molecule has 3 aromatic rings. The van der Waals surface area contributed by atoms with E-state index in [2.05, 4.69) is 21.2 Å². The van der Waals surface area contributed by atoms with Gasteiger partial charge in [0.25, 0.3) is 5.91 Å². The van der Waals surface area contributed by atoms with Crippen LogP contribution in [0.15, 0.2) is 40.9 Å². The minimum Gasteiger partial charge on any atom is -0.493 e. The molecule has 4 nitrogen and oxygen atoms in total. The third-order valence-corrected chi connectivity index (χ3v) is 6.39. The van der Waals surface area contributed by atoms with Gasteiger partial charge in [0.15, 0.2) is 11.5 Å². The minimum atomic E-state index is -0.159. The van der Waals surface area contributed by atoms with Gasteiger partial charge in [-0.15, -0.1) is 11.3 Å². The number of thiophene rings is 1. The molecular weight excluding hydrogens is 438 g/mol. The van der Waals surface area contributed by atoms with Crippen molar-refractivity contribution in [2.45, 2.75) is 6.42 Å². The molecule has 0 aliphatic rings. The Kier molecular flexibility index (Phi) is 6.06. The normalized spacial score (nSPS) is 10.8. The summed E-state index contributed by atoms with van der Waals surface area (Å²) in [6.45, 7) is 0.484. The SMILES string of the molecule is COc1cc(Br)c(CCNC(=O)c2sc3ccccc3c2Cl)cc1OC. The Labute approximate surface area is 169 Å². The number of methoxy groups -OCH3 is 2. The predicted molar refractivity (Wildman–Crippen MR) is 110 cm³/mol. The lowest BCUT2D eigenvalue weighted by molar-refractivity contribution is 0.0958. The van der Waals surface area contributed by atoms with Gasteiger partial charge in [-0.05, 0) is 30.2 Å². The van der Waals surface area contributed by atoms with Crippen molar-refractivity contribution in [1.82, 2.24) is 5.32 Å². The van der Waals surface area contributed by atoms with E-state index in [-0.39, 0.29) is 5.91 Å². The maximum atomic E-state index is 12.5. The molecule has 0 unspecified atom stereocenters. The summed E-state index contributed by atoms with van der Waals surface area (Å²) in [4.78, 5) is 13.0. The molecule has 1 heterocycles. The number of hydrogen-bond acceptors (Lipinski definition) is 4. The monoisotopic (exact) mass is 453 g/mol. The molecule has 136 valence electrons. The number of carbonyl (C=O) groups excluding carboxylic acids is 1. The van der Waals surface area contributed by atoms with Crippen molar-refractivity contribution in [3.05, 3.63) is 56.3 Å². The number of hydrogen-bond donors (Lipinski definition) is 1. The van der Waals surface area contributed by atoms with Gasteiger partial charge in [0.2, 0.25) is 0 Å². The molecule has 0 aliphatic heterocycles. The van der Waals surface area contributed by atoms with Crippen LogP contribution in [-0.2, 0) is 6.42 Å². The Morgan fingerprint density at radius 2 is 1.88 bits per heavy atom. The van der Waals surface area contributed by atoms with Crippen molar-refractivity contribution < 1.29 is 14.3 Å². The van der Waals surface area contributed by atoms with Gasteiger partial charge < -0.3 is 14.8 Å². The number of nitrogens with one attached hydrogen (secondary N) is 1. The lowest BCUT2D eigenvalue weighted by atomic mass is 10.1. The van der Waals surface area contributed by atoms with Crippen molar-refractivity contribution in [2.75, 3.05) is 20.8 Å². The average molecular weight is 455 g/mol. The van der Waals surface area contributed by atoms with Crippen LogP contribution in [0.1, 0.15) is 15.2 Å². The first kappa shape index (κ1) is 19.0. The summed E-state index contributed by atoms with van der Waals surface area (Å²) < 4.78 is 12.5. The summed E-state index contributed by atoms with van der Waals surface area (Å²) in [5, 5.41) is 4.36. The van der Waals surface area contributed by atoms with E-state index in [1.54, 1.807) is 14.2 Å². The molecule has 1 N–H and O–H groups in total. The van der Waals surface area contributed by atoms with Gasteiger partial charge in [0.1, 0.15) is 4.88 Å². The van der Waals surface area contributed by atoms with Crippen LogP contribution < -0.4 is 14.8 Å². The second kappa shape index (κ2) is 8.29. The molecular formula is C19H17BrClNO3S. The summed E-state index contributed by atoms with van der Waals surface area (Å²) in [5.41, 5.74) is 1.02. The second-order valence-corrected chi connectivity index (χ2v) is 7.83. The molecule has 1 aromatic heterocycles. The van der Waals surface area contributed by atoms with E-state index in [9.17, 15) is 4.79 Å². The number of benzene rings is 2. The van der Waals surface area contributed by atoms with Gasteiger partial charge in [-0.2, -0.15) is 0 Å². The Hall–Kier alpha value is -1.76. The zero-order chi connectivity index (χ0) is 18.7. The first-order chi connectivity index (χ1) is 12.5. The van der Waals surface area contributed by atoms with Gasteiger partial charge in [-0.25, -0.2) is 0 Å². The van der Waals surface area contributed by atoms with Gasteiger partial charge in [0.05, 0.1) is 19.2 Å². The molecule has 1 amide bonds. The van der Waals surface area contributed by atoms with Crippen molar-refractivity contribution in [3.8, 4) is 11.5 Å². The molecule has 26 heavy (non-hydrogen) atoms. The average Bonchev–Trinajstić information content (AvgIpc) is 2.99. The third kappa shape index (κ3) is 3.82. The molecule has 0 fully saturated rings. The van der Waals surface area contributed by atoms with Crippen molar-refractivity contribution >= 4 is 54.9 Å². The Balaban J connectivity index is 1.69. The highest BCUT2D eigenvalue weighted by Crippen LogP contribution is 2.35. The van der Waals surface area contributed by atoms with Crippen LogP contribution in [0, 0.1) is 0 Å². The molecule has 0 atom stereocenters. The maximum Gasteiger partial charge on any atom is 0.262 e. The van der Waals surface area contributed by atoms with E-state index in [0.717, 1.165) is 20.1 Å². The molecule has 3 rings (SSSR count).